The molecule has 0 spiro atoms. The van der Waals surface area contributed by atoms with Gasteiger partial charge >= 0.3 is 0 Å². The molecule has 5 heteroatoms. The third-order valence-corrected chi connectivity index (χ3v) is 2.25. The SMILES string of the molecule is COC(CN)C(=O)Nc1ccccc1Cl. The number of hydrogen-bond donors (Lipinski definition) is 2. The molecule has 1 aromatic rings. The Labute approximate surface area is 93.4 Å². The second kappa shape index (κ2) is 5.70. The molecule has 4 nitrogen and oxygen atoms in total. The highest BCUT2D eigenvalue weighted by molar-refractivity contribution is 6.33. The van der Waals surface area contributed by atoms with E-state index in [9.17, 15) is 4.79 Å². The van der Waals surface area contributed by atoms with Gasteiger partial charge in [-0.3, -0.25) is 4.79 Å². The highest BCUT2D eigenvalue weighted by Crippen LogP contribution is 2.20. The molecule has 1 unspecified atom stereocenters. The molecule has 0 radical (unpaired) electrons. The van der Waals surface area contributed by atoms with Crippen molar-refractivity contribution >= 4 is 23.2 Å². The minimum atomic E-state index is -0.652. The predicted octanol–water partition coefficient (Wildman–Crippen LogP) is 1.25. The number of hydrogen-bond acceptors (Lipinski definition) is 3. The van der Waals surface area contributed by atoms with Crippen molar-refractivity contribution in [3.05, 3.63) is 29.3 Å². The van der Waals surface area contributed by atoms with E-state index >= 15 is 0 Å². The van der Waals surface area contributed by atoms with Crippen LogP contribution in [0.2, 0.25) is 5.02 Å². The number of methoxy groups -OCH3 is 1. The Morgan fingerprint density at radius 2 is 2.27 bits per heavy atom. The Kier molecular flexibility index (Phi) is 4.55. The highest BCUT2D eigenvalue weighted by Gasteiger charge is 2.16. The lowest BCUT2D eigenvalue weighted by Gasteiger charge is -2.13. The number of nitrogens with one attached hydrogen (secondary N) is 1. The smallest absolute Gasteiger partial charge is 0.254 e. The van der Waals surface area contributed by atoms with Crippen LogP contribution in [0.15, 0.2) is 24.3 Å². The molecule has 0 bridgehead atoms. The Hall–Kier alpha value is -1.10. The molecule has 15 heavy (non-hydrogen) atoms. The third kappa shape index (κ3) is 3.20. The topological polar surface area (TPSA) is 64.3 Å². The van der Waals surface area contributed by atoms with Gasteiger partial charge in [0.05, 0.1) is 10.7 Å². The normalized spacial score (nSPS) is 12.2. The quantitative estimate of drug-likeness (QED) is 0.815. The number of halogens is 1. The summed E-state index contributed by atoms with van der Waals surface area (Å²) in [5, 5.41) is 3.12. The molecule has 0 aliphatic carbocycles. The molecule has 0 saturated heterocycles. The van der Waals surface area contributed by atoms with Gasteiger partial charge in [-0.15, -0.1) is 0 Å². The van der Waals surface area contributed by atoms with Crippen LogP contribution in [0, 0.1) is 0 Å². The van der Waals surface area contributed by atoms with E-state index in [2.05, 4.69) is 5.32 Å². The maximum absolute atomic E-state index is 11.6. The van der Waals surface area contributed by atoms with Crippen LogP contribution in [0.4, 0.5) is 5.69 Å². The standard InChI is InChI=1S/C10H13ClN2O2/c1-15-9(6-12)10(14)13-8-5-3-2-4-7(8)11/h2-5,9H,6,12H2,1H3,(H,13,14). The summed E-state index contributed by atoms with van der Waals surface area (Å²) < 4.78 is 4.89. The van der Waals surface area contributed by atoms with Crippen molar-refractivity contribution in [1.29, 1.82) is 0 Å². The van der Waals surface area contributed by atoms with Crippen molar-refractivity contribution in [1.82, 2.24) is 0 Å². The Balaban J connectivity index is 2.70. The van der Waals surface area contributed by atoms with Crippen molar-refractivity contribution in [2.75, 3.05) is 19.0 Å². The van der Waals surface area contributed by atoms with Gasteiger partial charge in [0.25, 0.3) is 5.91 Å². The number of carbonyl (C=O) groups is 1. The van der Waals surface area contributed by atoms with E-state index in [0.29, 0.717) is 10.7 Å². The average Bonchev–Trinajstić information content (AvgIpc) is 2.23. The molecule has 1 amide bonds. The molecule has 1 atom stereocenters. The molecule has 0 aromatic heterocycles. The van der Waals surface area contributed by atoms with Crippen LogP contribution in [0.3, 0.4) is 0 Å². The molecule has 0 aliphatic heterocycles. The minimum absolute atomic E-state index is 0.132. The summed E-state index contributed by atoms with van der Waals surface area (Å²) in [4.78, 5) is 11.6. The summed E-state index contributed by atoms with van der Waals surface area (Å²) in [6, 6.07) is 6.98. The van der Waals surface area contributed by atoms with Crippen LogP contribution in [0.25, 0.3) is 0 Å². The lowest BCUT2D eigenvalue weighted by Crippen LogP contribution is -2.35. The Morgan fingerprint density at radius 1 is 1.60 bits per heavy atom. The van der Waals surface area contributed by atoms with Crippen LogP contribution in [-0.2, 0) is 9.53 Å². The summed E-state index contributed by atoms with van der Waals surface area (Å²) in [6.45, 7) is 0.132. The number of para-hydroxylation sites is 1. The fourth-order valence-electron chi connectivity index (χ4n) is 1.09. The number of rotatable bonds is 4. The maximum atomic E-state index is 11.6. The molecule has 82 valence electrons. The van der Waals surface area contributed by atoms with Gasteiger partial charge in [0, 0.05) is 13.7 Å². The summed E-state index contributed by atoms with van der Waals surface area (Å²) in [7, 11) is 1.43. The van der Waals surface area contributed by atoms with Gasteiger partial charge in [-0.2, -0.15) is 0 Å². The van der Waals surface area contributed by atoms with E-state index in [4.69, 9.17) is 22.1 Å². The summed E-state index contributed by atoms with van der Waals surface area (Å²) in [6.07, 6.45) is -0.652. The first-order valence-electron chi connectivity index (χ1n) is 4.47. The number of nitrogens with two attached hydrogens (primary N) is 1. The van der Waals surface area contributed by atoms with E-state index in [-0.39, 0.29) is 12.5 Å². The average molecular weight is 229 g/mol. The van der Waals surface area contributed by atoms with E-state index in [1.165, 1.54) is 7.11 Å². The zero-order valence-corrected chi connectivity index (χ0v) is 9.12. The van der Waals surface area contributed by atoms with Crippen molar-refractivity contribution in [2.45, 2.75) is 6.10 Å². The molecule has 3 N–H and O–H groups in total. The maximum Gasteiger partial charge on any atom is 0.254 e. The van der Waals surface area contributed by atoms with E-state index in [1.807, 2.05) is 0 Å². The van der Waals surface area contributed by atoms with E-state index < -0.39 is 6.10 Å². The number of anilines is 1. The number of benzene rings is 1. The van der Waals surface area contributed by atoms with Gasteiger partial charge in [0.1, 0.15) is 6.10 Å². The molecular weight excluding hydrogens is 216 g/mol. The highest BCUT2D eigenvalue weighted by atomic mass is 35.5. The van der Waals surface area contributed by atoms with Gasteiger partial charge in [0.15, 0.2) is 0 Å². The van der Waals surface area contributed by atoms with Crippen LogP contribution >= 0.6 is 11.6 Å². The summed E-state index contributed by atoms with van der Waals surface area (Å²) >= 11 is 5.87. The Morgan fingerprint density at radius 3 is 2.80 bits per heavy atom. The zero-order valence-electron chi connectivity index (χ0n) is 8.37. The van der Waals surface area contributed by atoms with Crippen molar-refractivity contribution in [3.8, 4) is 0 Å². The summed E-state index contributed by atoms with van der Waals surface area (Å²) in [5.74, 6) is -0.298. The number of amides is 1. The van der Waals surface area contributed by atoms with Gasteiger partial charge in [0.2, 0.25) is 0 Å². The second-order valence-electron chi connectivity index (χ2n) is 2.93. The monoisotopic (exact) mass is 228 g/mol. The van der Waals surface area contributed by atoms with Crippen molar-refractivity contribution < 1.29 is 9.53 Å². The largest absolute Gasteiger partial charge is 0.370 e. The first kappa shape index (κ1) is 12.0. The molecule has 0 saturated carbocycles. The number of carbonyl (C=O) groups excluding carboxylic acids is 1. The van der Waals surface area contributed by atoms with Crippen LogP contribution in [0.5, 0.6) is 0 Å². The molecule has 1 aromatic carbocycles. The lowest BCUT2D eigenvalue weighted by molar-refractivity contribution is -0.125. The van der Waals surface area contributed by atoms with E-state index in [1.54, 1.807) is 24.3 Å². The van der Waals surface area contributed by atoms with Crippen LogP contribution in [0.1, 0.15) is 0 Å². The molecule has 0 fully saturated rings. The second-order valence-corrected chi connectivity index (χ2v) is 3.34. The van der Waals surface area contributed by atoms with Gasteiger partial charge in [-0.25, -0.2) is 0 Å². The third-order valence-electron chi connectivity index (χ3n) is 1.92. The first-order valence-corrected chi connectivity index (χ1v) is 4.85. The van der Waals surface area contributed by atoms with Crippen molar-refractivity contribution in [3.63, 3.8) is 0 Å². The number of ether oxygens (including phenoxy) is 1. The predicted molar refractivity (Wildman–Crippen MR) is 59.9 cm³/mol. The molecule has 0 heterocycles. The van der Waals surface area contributed by atoms with Crippen LogP contribution in [-0.4, -0.2) is 25.7 Å². The summed E-state index contributed by atoms with van der Waals surface area (Å²) in [5.41, 5.74) is 5.91. The fourth-order valence-corrected chi connectivity index (χ4v) is 1.27. The van der Waals surface area contributed by atoms with Crippen molar-refractivity contribution in [2.24, 2.45) is 5.73 Å². The van der Waals surface area contributed by atoms with E-state index in [0.717, 1.165) is 0 Å². The minimum Gasteiger partial charge on any atom is -0.370 e. The molecular formula is C10H13ClN2O2. The Bertz CT molecular complexity index is 340. The molecule has 0 aliphatic rings. The lowest BCUT2D eigenvalue weighted by atomic mass is 10.3. The van der Waals surface area contributed by atoms with Gasteiger partial charge in [-0.1, -0.05) is 23.7 Å². The fraction of sp³-hybridized carbons (Fsp3) is 0.300. The zero-order chi connectivity index (χ0) is 11.3. The van der Waals surface area contributed by atoms with Gasteiger partial charge in [-0.05, 0) is 12.1 Å². The first-order chi connectivity index (χ1) is 7.19. The van der Waals surface area contributed by atoms with Crippen LogP contribution < -0.4 is 11.1 Å². The molecule has 1 rings (SSSR count). The van der Waals surface area contributed by atoms with Gasteiger partial charge < -0.3 is 15.8 Å².